The monoisotopic (exact) mass is 405 g/mol. The maximum Gasteiger partial charge on any atom is 0.137 e. The predicted octanol–water partition coefficient (Wildman–Crippen LogP) is 5.25. The van der Waals surface area contributed by atoms with Crippen molar-refractivity contribution in [2.24, 2.45) is 5.73 Å². The van der Waals surface area contributed by atoms with E-state index < -0.39 is 0 Å². The molecule has 0 aliphatic rings. The van der Waals surface area contributed by atoms with E-state index in [4.69, 9.17) is 17.3 Å². The Balaban J connectivity index is 2.23. The van der Waals surface area contributed by atoms with Gasteiger partial charge < -0.3 is 5.73 Å². The molecule has 2 rings (SSSR count). The Labute approximate surface area is 133 Å². The largest absolute Gasteiger partial charge is 0.324 e. The van der Waals surface area contributed by atoms with E-state index in [1.165, 1.54) is 6.07 Å². The normalized spacial score (nSPS) is 12.5. The quantitative estimate of drug-likeness (QED) is 0.739. The molecular formula is C14H11Br2ClFN. The third-order valence-corrected chi connectivity index (χ3v) is 4.96. The van der Waals surface area contributed by atoms with Gasteiger partial charge in [-0.15, -0.1) is 0 Å². The minimum atomic E-state index is -0.279. The summed E-state index contributed by atoms with van der Waals surface area (Å²) in [6, 6.07) is 10.3. The Morgan fingerprint density at radius 3 is 2.63 bits per heavy atom. The molecule has 0 bridgehead atoms. The predicted molar refractivity (Wildman–Crippen MR) is 83.9 cm³/mol. The molecule has 0 saturated carbocycles. The SMILES string of the molecule is NC(Cc1cccc(F)c1Br)c1ccc(Br)c(Cl)c1. The van der Waals surface area contributed by atoms with E-state index in [1.54, 1.807) is 6.07 Å². The van der Waals surface area contributed by atoms with Crippen molar-refractivity contribution in [3.63, 3.8) is 0 Å². The van der Waals surface area contributed by atoms with Gasteiger partial charge in [0, 0.05) is 10.5 Å². The number of hydrogen-bond donors (Lipinski definition) is 1. The molecule has 0 aliphatic carbocycles. The number of benzene rings is 2. The summed E-state index contributed by atoms with van der Waals surface area (Å²) in [5.41, 5.74) is 7.91. The van der Waals surface area contributed by atoms with Crippen molar-refractivity contribution in [2.45, 2.75) is 12.5 Å². The Kier molecular flexibility index (Phi) is 5.01. The number of halogens is 4. The van der Waals surface area contributed by atoms with Gasteiger partial charge in [-0.05, 0) is 67.6 Å². The lowest BCUT2D eigenvalue weighted by Crippen LogP contribution is -2.13. The molecule has 0 fully saturated rings. The Hall–Kier alpha value is -0.420. The number of hydrogen-bond acceptors (Lipinski definition) is 1. The fourth-order valence-corrected chi connectivity index (χ4v) is 2.67. The second kappa shape index (κ2) is 6.35. The van der Waals surface area contributed by atoms with Gasteiger partial charge in [-0.2, -0.15) is 0 Å². The Morgan fingerprint density at radius 2 is 1.95 bits per heavy atom. The molecule has 1 unspecified atom stereocenters. The highest BCUT2D eigenvalue weighted by molar-refractivity contribution is 9.10. The van der Waals surface area contributed by atoms with Crippen LogP contribution in [0.3, 0.4) is 0 Å². The maximum absolute atomic E-state index is 13.4. The standard InChI is InChI=1S/C14H11Br2ClFN/c15-10-5-4-8(6-11(10)17)13(19)7-9-2-1-3-12(18)14(9)16/h1-6,13H,7,19H2. The first kappa shape index (κ1) is 15.0. The van der Waals surface area contributed by atoms with E-state index in [1.807, 2.05) is 24.3 Å². The van der Waals surface area contributed by atoms with Gasteiger partial charge in [0.25, 0.3) is 0 Å². The summed E-state index contributed by atoms with van der Waals surface area (Å²) < 4.78 is 14.7. The molecule has 19 heavy (non-hydrogen) atoms. The Morgan fingerprint density at radius 1 is 1.21 bits per heavy atom. The van der Waals surface area contributed by atoms with Crippen molar-refractivity contribution in [1.29, 1.82) is 0 Å². The van der Waals surface area contributed by atoms with E-state index in [2.05, 4.69) is 31.9 Å². The van der Waals surface area contributed by atoms with Crippen LogP contribution in [0.15, 0.2) is 45.3 Å². The lowest BCUT2D eigenvalue weighted by atomic mass is 10.00. The molecule has 2 aromatic rings. The smallest absolute Gasteiger partial charge is 0.137 e. The lowest BCUT2D eigenvalue weighted by molar-refractivity contribution is 0.614. The maximum atomic E-state index is 13.4. The summed E-state index contributed by atoms with van der Waals surface area (Å²) in [6.45, 7) is 0. The average Bonchev–Trinajstić information content (AvgIpc) is 2.38. The molecule has 0 spiro atoms. The van der Waals surface area contributed by atoms with Crippen LogP contribution in [-0.4, -0.2) is 0 Å². The number of rotatable bonds is 3. The first-order chi connectivity index (χ1) is 8.99. The summed E-state index contributed by atoms with van der Waals surface area (Å²) in [5, 5.41) is 0.617. The topological polar surface area (TPSA) is 26.0 Å². The van der Waals surface area contributed by atoms with Gasteiger partial charge in [-0.1, -0.05) is 29.8 Å². The minimum Gasteiger partial charge on any atom is -0.324 e. The molecule has 5 heteroatoms. The van der Waals surface area contributed by atoms with E-state index in [0.717, 1.165) is 15.6 Å². The van der Waals surface area contributed by atoms with E-state index in [0.29, 0.717) is 15.9 Å². The molecule has 0 heterocycles. The van der Waals surface area contributed by atoms with Crippen molar-refractivity contribution in [1.82, 2.24) is 0 Å². The van der Waals surface area contributed by atoms with Crippen LogP contribution in [0.25, 0.3) is 0 Å². The van der Waals surface area contributed by atoms with Crippen LogP contribution in [0, 0.1) is 5.82 Å². The van der Waals surface area contributed by atoms with Crippen molar-refractivity contribution in [2.75, 3.05) is 0 Å². The third kappa shape index (κ3) is 3.57. The van der Waals surface area contributed by atoms with Crippen molar-refractivity contribution in [3.8, 4) is 0 Å². The summed E-state index contributed by atoms with van der Waals surface area (Å²) in [6.07, 6.45) is 0.538. The van der Waals surface area contributed by atoms with E-state index in [9.17, 15) is 4.39 Å². The van der Waals surface area contributed by atoms with Crippen LogP contribution < -0.4 is 5.73 Å². The summed E-state index contributed by atoms with van der Waals surface area (Å²) in [5.74, 6) is -0.279. The van der Waals surface area contributed by atoms with Gasteiger partial charge in [0.15, 0.2) is 0 Å². The first-order valence-electron chi connectivity index (χ1n) is 5.62. The lowest BCUT2D eigenvalue weighted by Gasteiger charge is -2.14. The summed E-state index contributed by atoms with van der Waals surface area (Å²) in [7, 11) is 0. The molecule has 0 radical (unpaired) electrons. The van der Waals surface area contributed by atoms with E-state index in [-0.39, 0.29) is 11.9 Å². The van der Waals surface area contributed by atoms with E-state index >= 15 is 0 Å². The zero-order valence-electron chi connectivity index (χ0n) is 9.84. The fourth-order valence-electron chi connectivity index (χ4n) is 1.80. The molecule has 2 N–H and O–H groups in total. The molecule has 0 aromatic heterocycles. The molecule has 2 aromatic carbocycles. The van der Waals surface area contributed by atoms with Crippen molar-refractivity contribution < 1.29 is 4.39 Å². The molecular weight excluding hydrogens is 396 g/mol. The molecule has 100 valence electrons. The highest BCUT2D eigenvalue weighted by Crippen LogP contribution is 2.28. The van der Waals surface area contributed by atoms with Gasteiger partial charge in [0.2, 0.25) is 0 Å². The summed E-state index contributed by atoms with van der Waals surface area (Å²) in [4.78, 5) is 0. The Bertz CT molecular complexity index is 604. The van der Waals surface area contributed by atoms with Gasteiger partial charge >= 0.3 is 0 Å². The second-order valence-electron chi connectivity index (χ2n) is 4.20. The van der Waals surface area contributed by atoms with Gasteiger partial charge in [0.1, 0.15) is 5.82 Å². The highest BCUT2D eigenvalue weighted by atomic mass is 79.9. The van der Waals surface area contributed by atoms with Crippen LogP contribution in [0.4, 0.5) is 4.39 Å². The van der Waals surface area contributed by atoms with Crippen LogP contribution >= 0.6 is 43.5 Å². The first-order valence-corrected chi connectivity index (χ1v) is 7.59. The molecule has 1 atom stereocenters. The van der Waals surface area contributed by atoms with Crippen LogP contribution in [0.1, 0.15) is 17.2 Å². The zero-order chi connectivity index (χ0) is 14.0. The fraction of sp³-hybridized carbons (Fsp3) is 0.143. The molecule has 0 aliphatic heterocycles. The van der Waals surface area contributed by atoms with Crippen LogP contribution in [0.2, 0.25) is 5.02 Å². The zero-order valence-corrected chi connectivity index (χ0v) is 13.8. The third-order valence-electron chi connectivity index (χ3n) is 2.84. The minimum absolute atomic E-state index is 0.233. The molecule has 1 nitrogen and oxygen atoms in total. The van der Waals surface area contributed by atoms with Crippen LogP contribution in [-0.2, 0) is 6.42 Å². The molecule has 0 saturated heterocycles. The van der Waals surface area contributed by atoms with Gasteiger partial charge in [-0.25, -0.2) is 4.39 Å². The van der Waals surface area contributed by atoms with Gasteiger partial charge in [-0.3, -0.25) is 0 Å². The molecule has 0 amide bonds. The number of nitrogens with two attached hydrogens (primary N) is 1. The highest BCUT2D eigenvalue weighted by Gasteiger charge is 2.12. The second-order valence-corrected chi connectivity index (χ2v) is 6.25. The average molecular weight is 408 g/mol. The van der Waals surface area contributed by atoms with Crippen molar-refractivity contribution in [3.05, 3.63) is 67.3 Å². The van der Waals surface area contributed by atoms with Gasteiger partial charge in [0.05, 0.1) is 9.50 Å². The summed E-state index contributed by atoms with van der Waals surface area (Å²) >= 11 is 12.6. The van der Waals surface area contributed by atoms with Crippen molar-refractivity contribution >= 4 is 43.5 Å². The van der Waals surface area contributed by atoms with Crippen LogP contribution in [0.5, 0.6) is 0 Å².